The van der Waals surface area contributed by atoms with Gasteiger partial charge in [-0.2, -0.15) is 5.26 Å². The third kappa shape index (κ3) is 2.38. The molecule has 2 aromatic heterocycles. The fourth-order valence-electron chi connectivity index (χ4n) is 2.24. The molecule has 0 atom stereocenters. The van der Waals surface area contributed by atoms with Crippen molar-refractivity contribution < 1.29 is 0 Å². The van der Waals surface area contributed by atoms with Gasteiger partial charge in [-0.3, -0.25) is 0 Å². The van der Waals surface area contributed by atoms with E-state index < -0.39 is 0 Å². The Bertz CT molecular complexity index is 909. The molecule has 0 aliphatic heterocycles. The van der Waals surface area contributed by atoms with Gasteiger partial charge in [-0.1, -0.05) is 23.2 Å². The van der Waals surface area contributed by atoms with Crippen LogP contribution in [0.3, 0.4) is 0 Å². The first-order valence-corrected chi connectivity index (χ1v) is 7.71. The van der Waals surface area contributed by atoms with Crippen molar-refractivity contribution in [3.8, 4) is 17.5 Å². The van der Waals surface area contributed by atoms with Crippen molar-refractivity contribution in [3.63, 3.8) is 0 Å². The van der Waals surface area contributed by atoms with E-state index in [9.17, 15) is 0 Å². The van der Waals surface area contributed by atoms with Crippen LogP contribution in [0.1, 0.15) is 16.1 Å². The Balaban J connectivity index is 2.28. The molecule has 1 aromatic carbocycles. The smallest absolute Gasteiger partial charge is 0.162 e. The fourth-order valence-corrected chi connectivity index (χ4v) is 3.76. The molecule has 0 N–H and O–H groups in total. The van der Waals surface area contributed by atoms with Crippen LogP contribution in [0, 0.1) is 25.2 Å². The van der Waals surface area contributed by atoms with Crippen LogP contribution in [0.4, 0.5) is 0 Å². The topological polar surface area (TPSA) is 49.6 Å². The number of benzene rings is 1. The number of fused-ring (bicyclic) bond motifs is 1. The van der Waals surface area contributed by atoms with Crippen LogP contribution in [-0.4, -0.2) is 9.97 Å². The Kier molecular flexibility index (Phi) is 3.58. The molecule has 6 heteroatoms. The number of hydrogen-bond donors (Lipinski definition) is 0. The molecule has 0 saturated carbocycles. The number of aromatic nitrogens is 2. The van der Waals surface area contributed by atoms with Gasteiger partial charge in [-0.05, 0) is 37.6 Å². The number of hydrogen-bond acceptors (Lipinski definition) is 4. The number of rotatable bonds is 1. The lowest BCUT2D eigenvalue weighted by Gasteiger charge is -2.05. The predicted molar refractivity (Wildman–Crippen MR) is 87.1 cm³/mol. The summed E-state index contributed by atoms with van der Waals surface area (Å²) in [6.07, 6.45) is 0. The molecular formula is C15H9Cl2N3S. The highest BCUT2D eigenvalue weighted by Crippen LogP contribution is 2.34. The van der Waals surface area contributed by atoms with Crippen LogP contribution in [0.25, 0.3) is 21.6 Å². The number of aryl methyl sites for hydroxylation is 2. The summed E-state index contributed by atoms with van der Waals surface area (Å²) in [5.74, 6) is 0.549. The van der Waals surface area contributed by atoms with Gasteiger partial charge in [-0.25, -0.2) is 9.97 Å². The molecule has 0 fully saturated rings. The second-order valence-corrected chi connectivity index (χ2v) is 6.45. The van der Waals surface area contributed by atoms with E-state index in [1.807, 2.05) is 13.8 Å². The van der Waals surface area contributed by atoms with Crippen LogP contribution < -0.4 is 0 Å². The van der Waals surface area contributed by atoms with Crippen molar-refractivity contribution in [2.45, 2.75) is 13.8 Å². The average Bonchev–Trinajstić information content (AvgIpc) is 2.75. The van der Waals surface area contributed by atoms with E-state index in [1.165, 1.54) is 11.3 Å². The van der Waals surface area contributed by atoms with Crippen molar-refractivity contribution >= 4 is 44.8 Å². The predicted octanol–water partition coefficient (Wildman–Crippen LogP) is 5.15. The van der Waals surface area contributed by atoms with E-state index in [0.717, 1.165) is 27.0 Å². The molecule has 3 nitrogen and oxygen atoms in total. The zero-order chi connectivity index (χ0) is 15.1. The summed E-state index contributed by atoms with van der Waals surface area (Å²) < 4.78 is 0. The highest BCUT2D eigenvalue weighted by molar-refractivity contribution is 7.19. The lowest BCUT2D eigenvalue weighted by atomic mass is 10.1. The maximum Gasteiger partial charge on any atom is 0.162 e. The first-order valence-electron chi connectivity index (χ1n) is 6.14. The minimum atomic E-state index is 0.509. The Morgan fingerprint density at radius 2 is 1.95 bits per heavy atom. The molecule has 2 heterocycles. The van der Waals surface area contributed by atoms with Crippen LogP contribution in [-0.2, 0) is 0 Å². The second-order valence-electron chi connectivity index (χ2n) is 4.60. The van der Waals surface area contributed by atoms with E-state index in [-0.39, 0.29) is 0 Å². The SMILES string of the molecule is Cc1nc(-c2ccc(Cl)cc2Cl)nc2sc(C#N)c(C)c12. The molecule has 0 spiro atoms. The number of nitriles is 1. The van der Waals surface area contributed by atoms with Gasteiger partial charge < -0.3 is 0 Å². The summed E-state index contributed by atoms with van der Waals surface area (Å²) in [7, 11) is 0. The monoisotopic (exact) mass is 333 g/mol. The van der Waals surface area contributed by atoms with Gasteiger partial charge in [0.25, 0.3) is 0 Å². The number of halogens is 2. The van der Waals surface area contributed by atoms with E-state index in [4.69, 9.17) is 28.5 Å². The molecule has 0 aliphatic carbocycles. The van der Waals surface area contributed by atoms with Crippen molar-refractivity contribution in [1.29, 1.82) is 5.26 Å². The molecule has 0 unspecified atom stereocenters. The van der Waals surface area contributed by atoms with Crippen LogP contribution in [0.5, 0.6) is 0 Å². The molecule has 0 radical (unpaired) electrons. The lowest BCUT2D eigenvalue weighted by Crippen LogP contribution is -1.93. The van der Waals surface area contributed by atoms with Gasteiger partial charge in [0.2, 0.25) is 0 Å². The summed E-state index contributed by atoms with van der Waals surface area (Å²) in [6.45, 7) is 3.83. The van der Waals surface area contributed by atoms with Crippen LogP contribution in [0.2, 0.25) is 10.0 Å². The van der Waals surface area contributed by atoms with Crippen LogP contribution in [0.15, 0.2) is 18.2 Å². The van der Waals surface area contributed by atoms with Gasteiger partial charge in [0.15, 0.2) is 5.82 Å². The molecule has 104 valence electrons. The summed E-state index contributed by atoms with van der Waals surface area (Å²) in [4.78, 5) is 10.6. The first kappa shape index (κ1) is 14.3. The Morgan fingerprint density at radius 1 is 1.19 bits per heavy atom. The zero-order valence-corrected chi connectivity index (χ0v) is 13.6. The molecule has 0 aliphatic rings. The molecule has 21 heavy (non-hydrogen) atoms. The molecular weight excluding hydrogens is 325 g/mol. The minimum absolute atomic E-state index is 0.509. The normalized spacial score (nSPS) is 10.8. The molecule has 0 bridgehead atoms. The summed E-state index contributed by atoms with van der Waals surface area (Å²) in [6, 6.07) is 7.42. The van der Waals surface area contributed by atoms with Gasteiger partial charge >= 0.3 is 0 Å². The minimum Gasteiger partial charge on any atom is -0.233 e. The van der Waals surface area contributed by atoms with Gasteiger partial charge in [0.05, 0.1) is 10.7 Å². The summed E-state index contributed by atoms with van der Waals surface area (Å²) >= 11 is 13.5. The second kappa shape index (κ2) is 5.27. The largest absolute Gasteiger partial charge is 0.233 e. The van der Waals surface area contributed by atoms with E-state index in [0.29, 0.717) is 20.7 Å². The highest BCUT2D eigenvalue weighted by Gasteiger charge is 2.16. The third-order valence-corrected chi connectivity index (χ3v) is 4.88. The zero-order valence-electron chi connectivity index (χ0n) is 11.2. The van der Waals surface area contributed by atoms with E-state index in [2.05, 4.69) is 16.0 Å². The Hall–Kier alpha value is -1.67. The summed E-state index contributed by atoms with van der Waals surface area (Å²) in [5.41, 5.74) is 2.51. The quantitative estimate of drug-likeness (QED) is 0.618. The lowest BCUT2D eigenvalue weighted by molar-refractivity contribution is 1.16. The maximum absolute atomic E-state index is 9.15. The van der Waals surface area contributed by atoms with E-state index in [1.54, 1.807) is 18.2 Å². The van der Waals surface area contributed by atoms with E-state index >= 15 is 0 Å². The molecule has 3 rings (SSSR count). The van der Waals surface area contributed by atoms with Gasteiger partial charge in [-0.15, -0.1) is 11.3 Å². The molecule has 3 aromatic rings. The van der Waals surface area contributed by atoms with Crippen molar-refractivity contribution in [1.82, 2.24) is 9.97 Å². The van der Waals surface area contributed by atoms with Gasteiger partial charge in [0.1, 0.15) is 15.8 Å². The number of nitrogens with zero attached hydrogens (tertiary/aromatic N) is 3. The van der Waals surface area contributed by atoms with Crippen molar-refractivity contribution in [2.24, 2.45) is 0 Å². The van der Waals surface area contributed by atoms with Gasteiger partial charge in [0, 0.05) is 16.0 Å². The highest BCUT2D eigenvalue weighted by atomic mass is 35.5. The third-order valence-electron chi connectivity index (χ3n) is 3.24. The van der Waals surface area contributed by atoms with Crippen molar-refractivity contribution in [2.75, 3.05) is 0 Å². The average molecular weight is 334 g/mol. The maximum atomic E-state index is 9.15. The van der Waals surface area contributed by atoms with Crippen molar-refractivity contribution in [3.05, 3.63) is 44.4 Å². The Labute approximate surface area is 135 Å². The van der Waals surface area contributed by atoms with Crippen LogP contribution >= 0.6 is 34.5 Å². The number of thiophene rings is 1. The molecule has 0 saturated heterocycles. The fraction of sp³-hybridized carbons (Fsp3) is 0.133. The summed E-state index contributed by atoms with van der Waals surface area (Å²) in [5, 5.41) is 11.2. The standard InChI is InChI=1S/C15H9Cl2N3S/c1-7-12(6-18)21-15-13(7)8(2)19-14(20-15)10-4-3-9(16)5-11(10)17/h3-5H,1-2H3. The molecule has 0 amide bonds. The Morgan fingerprint density at radius 3 is 2.62 bits per heavy atom. The first-order chi connectivity index (χ1) is 10.0.